The van der Waals surface area contributed by atoms with Crippen molar-refractivity contribution in [3.63, 3.8) is 0 Å². The Balaban J connectivity index is 0.00000192. The summed E-state index contributed by atoms with van der Waals surface area (Å²) < 4.78 is 32.6. The van der Waals surface area contributed by atoms with Gasteiger partial charge in [0.2, 0.25) is 0 Å². The second-order valence-corrected chi connectivity index (χ2v) is 5.67. The van der Waals surface area contributed by atoms with Gasteiger partial charge in [0.1, 0.15) is 12.4 Å². The molecule has 0 saturated carbocycles. The smallest absolute Gasteiger partial charge is 0.200 e. The second-order valence-electron chi connectivity index (χ2n) is 5.30. The molecule has 2 heterocycles. The van der Waals surface area contributed by atoms with Crippen LogP contribution >= 0.6 is 24.6 Å². The maximum Gasteiger partial charge on any atom is 0.200 e. The molecule has 0 saturated heterocycles. The first kappa shape index (κ1) is 17.9. The molecule has 0 spiro atoms. The van der Waals surface area contributed by atoms with Gasteiger partial charge in [-0.2, -0.15) is 0 Å². The number of nitrogens with one attached hydrogen (secondary N) is 1. The number of fused-ring (bicyclic) bond motifs is 1. The third kappa shape index (κ3) is 3.57. The van der Waals surface area contributed by atoms with E-state index in [9.17, 15) is 8.78 Å². The van der Waals surface area contributed by atoms with Crippen molar-refractivity contribution in [2.24, 2.45) is 0 Å². The Bertz CT molecular complexity index is 641. The summed E-state index contributed by atoms with van der Waals surface area (Å²) >= 11 is 5.28. The van der Waals surface area contributed by atoms with Crippen molar-refractivity contribution in [2.75, 3.05) is 20.2 Å². The van der Waals surface area contributed by atoms with E-state index in [1.807, 2.05) is 11.9 Å². The molecule has 1 unspecified atom stereocenters. The van der Waals surface area contributed by atoms with Crippen LogP contribution in [0.2, 0.25) is 0 Å². The topological polar surface area (TPSA) is 38.6 Å². The first-order valence-electron chi connectivity index (χ1n) is 7.08. The first-order valence-corrected chi connectivity index (χ1v) is 7.49. The number of benzene rings is 1. The lowest BCUT2D eigenvalue weighted by atomic mass is 10.0. The van der Waals surface area contributed by atoms with E-state index in [1.165, 1.54) is 6.07 Å². The summed E-state index contributed by atoms with van der Waals surface area (Å²) in [6.07, 6.45) is 3.00. The molecule has 8 heteroatoms. The van der Waals surface area contributed by atoms with Gasteiger partial charge < -0.3 is 15.0 Å². The van der Waals surface area contributed by atoms with Crippen molar-refractivity contribution in [3.05, 3.63) is 41.2 Å². The molecule has 2 aliphatic rings. The van der Waals surface area contributed by atoms with Crippen LogP contribution < -0.4 is 15.4 Å². The Morgan fingerprint density at radius 1 is 1.43 bits per heavy atom. The monoisotopic (exact) mass is 360 g/mol. The molecule has 0 fully saturated rings. The van der Waals surface area contributed by atoms with Crippen LogP contribution in [0.1, 0.15) is 12.0 Å². The molecular formula is C15H17ClF2N3OS. The van der Waals surface area contributed by atoms with Crippen LogP contribution in [0.3, 0.4) is 0 Å². The number of thiocarbonyl (C=S) groups is 1. The van der Waals surface area contributed by atoms with E-state index in [1.54, 1.807) is 6.20 Å². The molecule has 3 rings (SSSR count). The molecular weight excluding hydrogens is 344 g/mol. The lowest BCUT2D eigenvalue weighted by Gasteiger charge is -2.34. The Morgan fingerprint density at radius 3 is 2.96 bits per heavy atom. The largest absolute Gasteiger partial charge is 0.488 e. The van der Waals surface area contributed by atoms with Crippen LogP contribution in [0.25, 0.3) is 0 Å². The van der Waals surface area contributed by atoms with Gasteiger partial charge in [0, 0.05) is 42.9 Å². The van der Waals surface area contributed by atoms with Gasteiger partial charge in [-0.15, -0.1) is 12.4 Å². The fraction of sp³-hybridized carbons (Fsp3) is 0.400. The van der Waals surface area contributed by atoms with E-state index >= 15 is 0 Å². The van der Waals surface area contributed by atoms with Crippen molar-refractivity contribution < 1.29 is 13.5 Å². The van der Waals surface area contributed by atoms with Crippen molar-refractivity contribution >= 4 is 29.7 Å². The van der Waals surface area contributed by atoms with Gasteiger partial charge in [-0.1, -0.05) is 0 Å². The zero-order chi connectivity index (χ0) is 15.7. The fourth-order valence-corrected chi connectivity index (χ4v) is 3.11. The molecule has 0 aromatic heterocycles. The molecule has 1 atom stereocenters. The maximum atomic E-state index is 13.7. The number of hydrogen-bond acceptors (Lipinski definition) is 3. The standard InChI is InChI=1S/C15H16F2N3OS.ClH/c1-18-3-2-11-7-19-15(22)20(11)12-5-9-4-10(16)6-13(17)14(9)21-8-12;/h4,6-7,12,18H,2-3,5,8H2,1H3;1H. The van der Waals surface area contributed by atoms with Crippen LogP contribution in [0.5, 0.6) is 5.75 Å². The number of ether oxygens (including phenoxy) is 1. The normalized spacial score (nSPS) is 19.4. The van der Waals surface area contributed by atoms with Crippen molar-refractivity contribution in [1.82, 2.24) is 15.5 Å². The minimum atomic E-state index is -0.659. The number of halogens is 3. The highest BCUT2D eigenvalue weighted by molar-refractivity contribution is 7.80. The molecule has 0 aliphatic carbocycles. The van der Waals surface area contributed by atoms with E-state index in [2.05, 4.69) is 10.6 Å². The Labute approximate surface area is 145 Å². The van der Waals surface area contributed by atoms with Gasteiger partial charge in [0.15, 0.2) is 16.7 Å². The van der Waals surface area contributed by atoms with E-state index in [0.29, 0.717) is 23.7 Å². The van der Waals surface area contributed by atoms with Crippen LogP contribution in [-0.2, 0) is 6.42 Å². The molecule has 4 nitrogen and oxygen atoms in total. The maximum absolute atomic E-state index is 13.7. The van der Waals surface area contributed by atoms with Crippen molar-refractivity contribution in [1.29, 1.82) is 0 Å². The summed E-state index contributed by atoms with van der Waals surface area (Å²) in [5, 5.41) is 7.73. The van der Waals surface area contributed by atoms with Crippen LogP contribution in [0.4, 0.5) is 8.78 Å². The van der Waals surface area contributed by atoms with E-state index in [-0.39, 0.29) is 24.2 Å². The highest BCUT2D eigenvalue weighted by atomic mass is 35.5. The summed E-state index contributed by atoms with van der Waals surface area (Å²) in [6, 6.07) is 2.06. The minimum Gasteiger partial charge on any atom is -0.488 e. The van der Waals surface area contributed by atoms with E-state index in [4.69, 9.17) is 17.0 Å². The van der Waals surface area contributed by atoms with Gasteiger partial charge in [-0.3, -0.25) is 0 Å². The molecule has 1 radical (unpaired) electrons. The number of nitrogens with zero attached hydrogens (tertiary/aromatic N) is 2. The Hall–Kier alpha value is -1.44. The average Bonchev–Trinajstić information content (AvgIpc) is 2.85. The minimum absolute atomic E-state index is 0. The van der Waals surface area contributed by atoms with Gasteiger partial charge in [-0.05, 0) is 25.3 Å². The quantitative estimate of drug-likeness (QED) is 0.837. The summed E-state index contributed by atoms with van der Waals surface area (Å²) in [7, 11) is 1.88. The second kappa shape index (κ2) is 7.42. The van der Waals surface area contributed by atoms with Gasteiger partial charge in [0.05, 0.1) is 6.04 Å². The first-order chi connectivity index (χ1) is 10.6. The highest BCUT2D eigenvalue weighted by Crippen LogP contribution is 2.32. The van der Waals surface area contributed by atoms with Crippen LogP contribution in [-0.4, -0.2) is 36.3 Å². The summed E-state index contributed by atoms with van der Waals surface area (Å²) in [5.74, 6) is -1.12. The lowest BCUT2D eigenvalue weighted by Crippen LogP contribution is -2.44. The van der Waals surface area contributed by atoms with Gasteiger partial charge >= 0.3 is 0 Å². The molecule has 125 valence electrons. The zero-order valence-electron chi connectivity index (χ0n) is 12.5. The Morgan fingerprint density at radius 2 is 2.22 bits per heavy atom. The molecule has 2 aliphatic heterocycles. The van der Waals surface area contributed by atoms with Crippen molar-refractivity contribution in [3.8, 4) is 5.75 Å². The third-order valence-corrected chi connectivity index (χ3v) is 4.10. The van der Waals surface area contributed by atoms with Gasteiger partial charge in [0.25, 0.3) is 0 Å². The van der Waals surface area contributed by atoms with E-state index in [0.717, 1.165) is 24.7 Å². The summed E-state index contributed by atoms with van der Waals surface area (Å²) in [4.78, 5) is 1.93. The van der Waals surface area contributed by atoms with Crippen molar-refractivity contribution in [2.45, 2.75) is 18.9 Å². The number of hydrogen-bond donors (Lipinski definition) is 1. The summed E-state index contributed by atoms with van der Waals surface area (Å²) in [5.41, 5.74) is 1.52. The zero-order valence-corrected chi connectivity index (χ0v) is 14.1. The highest BCUT2D eigenvalue weighted by Gasteiger charge is 2.33. The number of rotatable bonds is 4. The predicted octanol–water partition coefficient (Wildman–Crippen LogP) is 2.35. The molecule has 1 aromatic carbocycles. The third-order valence-electron chi connectivity index (χ3n) is 3.80. The van der Waals surface area contributed by atoms with Gasteiger partial charge in [-0.25, -0.2) is 14.1 Å². The lowest BCUT2D eigenvalue weighted by molar-refractivity contribution is 0.188. The fourth-order valence-electron chi connectivity index (χ4n) is 2.79. The SMILES string of the molecule is CNCCC1=C[N]C(=S)N1C1COc2c(F)cc(F)cc2C1.Cl. The molecule has 1 aromatic rings. The summed E-state index contributed by atoms with van der Waals surface area (Å²) in [6.45, 7) is 1.09. The predicted molar refractivity (Wildman–Crippen MR) is 89.8 cm³/mol. The molecule has 0 amide bonds. The Kier molecular flexibility index (Phi) is 5.78. The average molecular weight is 361 g/mol. The van der Waals surface area contributed by atoms with Crippen LogP contribution in [0.15, 0.2) is 24.0 Å². The molecule has 1 N–H and O–H groups in total. The van der Waals surface area contributed by atoms with E-state index < -0.39 is 11.6 Å². The molecule has 0 bridgehead atoms. The van der Waals surface area contributed by atoms with Crippen LogP contribution in [0, 0.1) is 11.6 Å². The molecule has 23 heavy (non-hydrogen) atoms.